The summed E-state index contributed by atoms with van der Waals surface area (Å²) < 4.78 is 32.7. The summed E-state index contributed by atoms with van der Waals surface area (Å²) in [6.07, 6.45) is 1.70. The van der Waals surface area contributed by atoms with Crippen molar-refractivity contribution in [2.45, 2.75) is 70.4 Å². The van der Waals surface area contributed by atoms with E-state index in [1.165, 1.54) is 23.4 Å². The topological polar surface area (TPSA) is 92.8 Å². The molecule has 1 aliphatic rings. The van der Waals surface area contributed by atoms with Crippen LogP contribution in [0, 0.1) is 6.92 Å². The highest BCUT2D eigenvalue weighted by atomic mass is 32.2. The maximum Gasteiger partial charge on any atom is 0.338 e. The Kier molecular flexibility index (Phi) is 6.88. The van der Waals surface area contributed by atoms with Crippen LogP contribution in [0.4, 0.5) is 0 Å². The molecule has 8 heteroatoms. The van der Waals surface area contributed by atoms with Gasteiger partial charge in [-0.3, -0.25) is 4.79 Å². The largest absolute Gasteiger partial charge is 0.449 e. The van der Waals surface area contributed by atoms with Crippen molar-refractivity contribution in [1.82, 2.24) is 9.62 Å². The number of hydrogen-bond acceptors (Lipinski definition) is 5. The number of amides is 1. The van der Waals surface area contributed by atoms with Crippen LogP contribution < -0.4 is 5.32 Å². The van der Waals surface area contributed by atoms with Crippen LogP contribution in [0.2, 0.25) is 0 Å². The molecule has 1 N–H and O–H groups in total. The predicted molar refractivity (Wildman–Crippen MR) is 107 cm³/mol. The van der Waals surface area contributed by atoms with E-state index in [9.17, 15) is 18.0 Å². The molecule has 1 unspecified atom stereocenters. The third-order valence-corrected chi connectivity index (χ3v) is 6.55. The van der Waals surface area contributed by atoms with E-state index in [1.807, 2.05) is 20.8 Å². The molecule has 28 heavy (non-hydrogen) atoms. The Labute approximate surface area is 167 Å². The molecule has 1 amide bonds. The van der Waals surface area contributed by atoms with E-state index in [2.05, 4.69) is 5.32 Å². The average molecular weight is 411 g/mol. The first kappa shape index (κ1) is 22.4. The summed E-state index contributed by atoms with van der Waals surface area (Å²) in [5, 5.41) is 2.74. The van der Waals surface area contributed by atoms with Gasteiger partial charge in [0.1, 0.15) is 0 Å². The van der Waals surface area contributed by atoms with Crippen LogP contribution in [0.15, 0.2) is 23.1 Å². The standard InChI is InChI=1S/C20H30N2O5S/c1-14-9-10-16(19(24)27-15(2)18(23)21-20(3,4)5)13-17(14)28(25,26)22-11-7-6-8-12-22/h9-10,13,15H,6-8,11-12H2,1-5H3,(H,21,23). The van der Waals surface area contributed by atoms with Gasteiger partial charge in [0.25, 0.3) is 5.91 Å². The minimum Gasteiger partial charge on any atom is -0.449 e. The number of rotatable bonds is 5. The molecule has 2 rings (SSSR count). The van der Waals surface area contributed by atoms with Gasteiger partial charge < -0.3 is 10.1 Å². The number of piperidine rings is 1. The van der Waals surface area contributed by atoms with Crippen LogP contribution in [-0.4, -0.2) is 49.3 Å². The third kappa shape index (κ3) is 5.54. The minimum absolute atomic E-state index is 0.107. The number of carbonyl (C=O) groups excluding carboxylic acids is 2. The minimum atomic E-state index is -3.67. The molecule has 1 aliphatic heterocycles. The maximum atomic E-state index is 13.0. The second-order valence-corrected chi connectivity index (χ2v) is 10.1. The normalized spacial score (nSPS) is 17.0. The summed E-state index contributed by atoms with van der Waals surface area (Å²) in [6, 6.07) is 4.45. The number of ether oxygens (including phenoxy) is 1. The van der Waals surface area contributed by atoms with Crippen LogP contribution in [0.5, 0.6) is 0 Å². The highest BCUT2D eigenvalue weighted by molar-refractivity contribution is 7.89. The molecule has 0 aliphatic carbocycles. The van der Waals surface area contributed by atoms with E-state index in [4.69, 9.17) is 4.74 Å². The predicted octanol–water partition coefficient (Wildman–Crippen LogP) is 2.63. The second-order valence-electron chi connectivity index (χ2n) is 8.23. The molecule has 1 atom stereocenters. The van der Waals surface area contributed by atoms with Crippen molar-refractivity contribution in [2.24, 2.45) is 0 Å². The number of carbonyl (C=O) groups is 2. The first-order chi connectivity index (χ1) is 12.9. The zero-order valence-corrected chi connectivity index (χ0v) is 18.1. The number of nitrogens with one attached hydrogen (secondary N) is 1. The number of aryl methyl sites for hydroxylation is 1. The monoisotopic (exact) mass is 410 g/mol. The molecule has 1 fully saturated rings. The van der Waals surface area contributed by atoms with Gasteiger partial charge >= 0.3 is 5.97 Å². The van der Waals surface area contributed by atoms with E-state index in [0.29, 0.717) is 18.7 Å². The van der Waals surface area contributed by atoms with Gasteiger partial charge in [0.15, 0.2) is 6.10 Å². The van der Waals surface area contributed by atoms with Crippen molar-refractivity contribution in [2.75, 3.05) is 13.1 Å². The first-order valence-electron chi connectivity index (χ1n) is 9.55. The van der Waals surface area contributed by atoms with Gasteiger partial charge in [0.2, 0.25) is 10.0 Å². The molecule has 0 radical (unpaired) electrons. The Hall–Kier alpha value is -1.93. The van der Waals surface area contributed by atoms with Crippen LogP contribution in [0.3, 0.4) is 0 Å². The molecule has 1 heterocycles. The molecule has 156 valence electrons. The Bertz CT molecular complexity index is 837. The Morgan fingerprint density at radius 3 is 2.32 bits per heavy atom. The fraction of sp³-hybridized carbons (Fsp3) is 0.600. The van der Waals surface area contributed by atoms with E-state index in [-0.39, 0.29) is 10.5 Å². The lowest BCUT2D eigenvalue weighted by molar-refractivity contribution is -0.130. The molecule has 1 aromatic rings. The molecule has 0 spiro atoms. The fourth-order valence-electron chi connectivity index (χ4n) is 3.00. The molecule has 0 saturated carbocycles. The lowest BCUT2D eigenvalue weighted by Crippen LogP contribution is -2.46. The molecule has 1 saturated heterocycles. The summed E-state index contributed by atoms with van der Waals surface area (Å²) in [5.74, 6) is -1.14. The summed E-state index contributed by atoms with van der Waals surface area (Å²) >= 11 is 0. The van der Waals surface area contributed by atoms with E-state index in [1.54, 1.807) is 13.0 Å². The van der Waals surface area contributed by atoms with Crippen LogP contribution in [-0.2, 0) is 19.6 Å². The summed E-state index contributed by atoms with van der Waals surface area (Å²) in [4.78, 5) is 24.7. The zero-order valence-electron chi connectivity index (χ0n) is 17.2. The number of benzene rings is 1. The Morgan fingerprint density at radius 2 is 1.75 bits per heavy atom. The van der Waals surface area contributed by atoms with Crippen LogP contribution in [0.1, 0.15) is 62.9 Å². The van der Waals surface area contributed by atoms with Gasteiger partial charge in [0.05, 0.1) is 10.5 Å². The molecular weight excluding hydrogens is 380 g/mol. The molecule has 0 bridgehead atoms. The lowest BCUT2D eigenvalue weighted by atomic mass is 10.1. The number of hydrogen-bond donors (Lipinski definition) is 1. The Balaban J connectivity index is 2.20. The number of esters is 1. The first-order valence-corrected chi connectivity index (χ1v) is 11.0. The van der Waals surface area contributed by atoms with Gasteiger partial charge in [-0.1, -0.05) is 12.5 Å². The van der Waals surface area contributed by atoms with E-state index >= 15 is 0 Å². The summed E-state index contributed by atoms with van der Waals surface area (Å²) in [5.41, 5.74) is 0.231. The molecular formula is C20H30N2O5S. The van der Waals surface area contributed by atoms with Crippen molar-refractivity contribution in [3.05, 3.63) is 29.3 Å². The van der Waals surface area contributed by atoms with Crippen LogP contribution >= 0.6 is 0 Å². The highest BCUT2D eigenvalue weighted by Crippen LogP contribution is 2.24. The summed E-state index contributed by atoms with van der Waals surface area (Å²) in [6.45, 7) is 9.65. The van der Waals surface area contributed by atoms with Crippen molar-refractivity contribution < 1.29 is 22.7 Å². The van der Waals surface area contributed by atoms with Gasteiger partial charge in [-0.05, 0) is 65.2 Å². The number of nitrogens with zero attached hydrogens (tertiary/aromatic N) is 1. The second kappa shape index (κ2) is 8.61. The van der Waals surface area contributed by atoms with Gasteiger partial charge in [-0.25, -0.2) is 13.2 Å². The smallest absolute Gasteiger partial charge is 0.338 e. The van der Waals surface area contributed by atoms with E-state index < -0.39 is 33.5 Å². The van der Waals surface area contributed by atoms with Crippen molar-refractivity contribution in [1.29, 1.82) is 0 Å². The van der Waals surface area contributed by atoms with Crippen molar-refractivity contribution in [3.8, 4) is 0 Å². The fourth-order valence-corrected chi connectivity index (χ4v) is 4.77. The zero-order chi connectivity index (χ0) is 21.1. The molecule has 1 aromatic carbocycles. The van der Waals surface area contributed by atoms with Gasteiger partial charge in [0, 0.05) is 18.6 Å². The van der Waals surface area contributed by atoms with Crippen LogP contribution in [0.25, 0.3) is 0 Å². The Morgan fingerprint density at radius 1 is 1.14 bits per heavy atom. The lowest BCUT2D eigenvalue weighted by Gasteiger charge is -2.26. The van der Waals surface area contributed by atoms with Gasteiger partial charge in [-0.15, -0.1) is 0 Å². The van der Waals surface area contributed by atoms with Crippen molar-refractivity contribution in [3.63, 3.8) is 0 Å². The van der Waals surface area contributed by atoms with Crippen molar-refractivity contribution >= 4 is 21.9 Å². The van der Waals surface area contributed by atoms with E-state index in [0.717, 1.165) is 19.3 Å². The number of sulfonamides is 1. The molecule has 7 nitrogen and oxygen atoms in total. The van der Waals surface area contributed by atoms with Gasteiger partial charge in [-0.2, -0.15) is 4.31 Å². The SMILES string of the molecule is Cc1ccc(C(=O)OC(C)C(=O)NC(C)(C)C)cc1S(=O)(=O)N1CCCCC1. The third-order valence-electron chi connectivity index (χ3n) is 4.51. The highest BCUT2D eigenvalue weighted by Gasteiger charge is 2.29. The molecule has 0 aromatic heterocycles. The average Bonchev–Trinajstić information content (AvgIpc) is 2.61. The maximum absolute atomic E-state index is 13.0. The summed E-state index contributed by atoms with van der Waals surface area (Å²) in [7, 11) is -3.67. The quantitative estimate of drug-likeness (QED) is 0.753.